The van der Waals surface area contributed by atoms with Crippen molar-refractivity contribution in [3.63, 3.8) is 0 Å². The van der Waals surface area contributed by atoms with E-state index >= 15 is 0 Å². The van der Waals surface area contributed by atoms with Gasteiger partial charge in [0.1, 0.15) is 11.6 Å². The standard InChI is InChI=1S/C13H13FN2OS2/c1-4-12-15-13(19-16-12)18-11-5-7(2)10(14)6-9(11)8(3)17/h5-6H,4H2,1-3H3. The van der Waals surface area contributed by atoms with E-state index in [1.54, 1.807) is 13.0 Å². The molecular formula is C13H13FN2OS2. The van der Waals surface area contributed by atoms with E-state index in [1.807, 2.05) is 6.92 Å². The van der Waals surface area contributed by atoms with Gasteiger partial charge in [-0.3, -0.25) is 4.79 Å². The van der Waals surface area contributed by atoms with Crippen LogP contribution < -0.4 is 0 Å². The Morgan fingerprint density at radius 2 is 2.21 bits per heavy atom. The van der Waals surface area contributed by atoms with Gasteiger partial charge >= 0.3 is 0 Å². The highest BCUT2D eigenvalue weighted by molar-refractivity contribution is 8.01. The number of rotatable bonds is 4. The molecule has 2 rings (SSSR count). The third-order valence-electron chi connectivity index (χ3n) is 2.60. The molecule has 0 amide bonds. The maximum atomic E-state index is 13.5. The Balaban J connectivity index is 2.38. The van der Waals surface area contributed by atoms with Gasteiger partial charge in [-0.15, -0.1) is 0 Å². The van der Waals surface area contributed by atoms with Crippen molar-refractivity contribution in [2.75, 3.05) is 0 Å². The highest BCUT2D eigenvalue weighted by Gasteiger charge is 2.14. The largest absolute Gasteiger partial charge is 0.294 e. The van der Waals surface area contributed by atoms with Crippen molar-refractivity contribution in [3.8, 4) is 0 Å². The van der Waals surface area contributed by atoms with Crippen LogP contribution in [0.5, 0.6) is 0 Å². The van der Waals surface area contributed by atoms with E-state index in [0.29, 0.717) is 11.1 Å². The van der Waals surface area contributed by atoms with Crippen LogP contribution in [0.4, 0.5) is 4.39 Å². The zero-order chi connectivity index (χ0) is 14.0. The van der Waals surface area contributed by atoms with Crippen LogP contribution in [0.1, 0.15) is 35.6 Å². The zero-order valence-electron chi connectivity index (χ0n) is 10.9. The van der Waals surface area contributed by atoms with E-state index in [-0.39, 0.29) is 11.6 Å². The summed E-state index contributed by atoms with van der Waals surface area (Å²) in [5.74, 6) is 0.276. The lowest BCUT2D eigenvalue weighted by atomic mass is 10.1. The van der Waals surface area contributed by atoms with Crippen LogP contribution in [0.15, 0.2) is 21.4 Å². The fourth-order valence-electron chi connectivity index (χ4n) is 1.53. The van der Waals surface area contributed by atoms with Gasteiger partial charge in [-0.2, -0.15) is 4.37 Å². The van der Waals surface area contributed by atoms with E-state index in [1.165, 1.54) is 36.3 Å². The number of carbonyl (C=O) groups excluding carboxylic acids is 1. The molecule has 0 bridgehead atoms. The Morgan fingerprint density at radius 1 is 1.47 bits per heavy atom. The van der Waals surface area contributed by atoms with Crippen LogP contribution in [0.3, 0.4) is 0 Å². The Bertz CT molecular complexity index is 625. The summed E-state index contributed by atoms with van der Waals surface area (Å²) >= 11 is 2.66. The first-order valence-corrected chi connectivity index (χ1v) is 7.41. The molecule has 100 valence electrons. The smallest absolute Gasteiger partial charge is 0.174 e. The van der Waals surface area contributed by atoms with Crippen LogP contribution in [0.25, 0.3) is 0 Å². The van der Waals surface area contributed by atoms with Gasteiger partial charge in [-0.05, 0) is 43.1 Å². The summed E-state index contributed by atoms with van der Waals surface area (Å²) in [6, 6.07) is 2.98. The number of benzene rings is 1. The Labute approximate surface area is 119 Å². The molecule has 0 radical (unpaired) electrons. The molecule has 3 nitrogen and oxygen atoms in total. The predicted octanol–water partition coefficient (Wildman–Crippen LogP) is 3.90. The lowest BCUT2D eigenvalue weighted by molar-refractivity contribution is 0.101. The monoisotopic (exact) mass is 296 g/mol. The van der Waals surface area contributed by atoms with E-state index < -0.39 is 0 Å². The van der Waals surface area contributed by atoms with Gasteiger partial charge in [0.25, 0.3) is 0 Å². The first-order valence-electron chi connectivity index (χ1n) is 5.82. The minimum Gasteiger partial charge on any atom is -0.294 e. The fourth-order valence-corrected chi connectivity index (χ4v) is 3.45. The van der Waals surface area contributed by atoms with Gasteiger partial charge in [0.15, 0.2) is 10.1 Å². The Kier molecular flexibility index (Phi) is 4.31. The number of ketones is 1. The topological polar surface area (TPSA) is 42.9 Å². The molecule has 0 atom stereocenters. The van der Waals surface area contributed by atoms with Crippen molar-refractivity contribution in [2.45, 2.75) is 36.4 Å². The normalized spacial score (nSPS) is 10.7. The molecule has 1 aromatic carbocycles. The highest BCUT2D eigenvalue weighted by Crippen LogP contribution is 2.33. The molecule has 0 aliphatic heterocycles. The molecular weight excluding hydrogens is 283 g/mol. The molecule has 19 heavy (non-hydrogen) atoms. The summed E-state index contributed by atoms with van der Waals surface area (Å²) < 4.78 is 18.5. The molecule has 0 unspecified atom stereocenters. The van der Waals surface area contributed by atoms with Crippen molar-refractivity contribution >= 4 is 29.1 Å². The first kappa shape index (κ1) is 14.1. The van der Waals surface area contributed by atoms with E-state index in [0.717, 1.165) is 21.5 Å². The lowest BCUT2D eigenvalue weighted by Gasteiger charge is -2.07. The van der Waals surface area contributed by atoms with Gasteiger partial charge in [0.05, 0.1) is 0 Å². The van der Waals surface area contributed by atoms with E-state index in [2.05, 4.69) is 9.36 Å². The number of halogens is 1. The van der Waals surface area contributed by atoms with Gasteiger partial charge in [-0.1, -0.05) is 18.7 Å². The van der Waals surface area contributed by atoms with Crippen LogP contribution in [-0.2, 0) is 6.42 Å². The average molecular weight is 296 g/mol. The third kappa shape index (κ3) is 3.19. The molecule has 0 saturated carbocycles. The number of Topliss-reactive ketones (excluding diaryl/α,β-unsaturated/α-hetero) is 1. The average Bonchev–Trinajstić information content (AvgIpc) is 2.81. The van der Waals surface area contributed by atoms with Crippen LogP contribution in [-0.4, -0.2) is 15.1 Å². The van der Waals surface area contributed by atoms with Crippen LogP contribution >= 0.6 is 23.3 Å². The second-order valence-electron chi connectivity index (χ2n) is 4.09. The first-order chi connectivity index (χ1) is 9.01. The zero-order valence-corrected chi connectivity index (χ0v) is 12.5. The lowest BCUT2D eigenvalue weighted by Crippen LogP contribution is -1.98. The summed E-state index contributed by atoms with van der Waals surface area (Å²) in [7, 11) is 0. The Morgan fingerprint density at radius 3 is 2.79 bits per heavy atom. The van der Waals surface area contributed by atoms with Gasteiger partial charge in [0, 0.05) is 16.9 Å². The van der Waals surface area contributed by atoms with Crippen LogP contribution in [0, 0.1) is 12.7 Å². The number of aromatic nitrogens is 2. The molecule has 6 heteroatoms. The minimum atomic E-state index is -0.360. The molecule has 1 aromatic heterocycles. The van der Waals surface area contributed by atoms with Crippen molar-refractivity contribution < 1.29 is 9.18 Å². The van der Waals surface area contributed by atoms with Gasteiger partial charge < -0.3 is 0 Å². The number of nitrogens with zero attached hydrogens (tertiary/aromatic N) is 2. The summed E-state index contributed by atoms with van der Waals surface area (Å²) in [6.07, 6.45) is 0.777. The fraction of sp³-hybridized carbons (Fsp3) is 0.308. The molecule has 0 saturated heterocycles. The molecule has 0 spiro atoms. The summed E-state index contributed by atoms with van der Waals surface area (Å²) in [6.45, 7) is 5.10. The molecule has 2 aromatic rings. The molecule has 0 N–H and O–H groups in total. The molecule has 0 aliphatic carbocycles. The third-order valence-corrected chi connectivity index (χ3v) is 4.45. The van der Waals surface area contributed by atoms with E-state index in [9.17, 15) is 9.18 Å². The SMILES string of the molecule is CCc1nsc(Sc2cc(C)c(F)cc2C(C)=O)n1. The summed E-state index contributed by atoms with van der Waals surface area (Å²) in [4.78, 5) is 16.6. The van der Waals surface area contributed by atoms with Crippen LogP contribution in [0.2, 0.25) is 0 Å². The molecule has 0 aliphatic rings. The van der Waals surface area contributed by atoms with Crippen molar-refractivity contribution in [2.24, 2.45) is 0 Å². The van der Waals surface area contributed by atoms with Crippen molar-refractivity contribution in [1.82, 2.24) is 9.36 Å². The maximum absolute atomic E-state index is 13.5. The summed E-state index contributed by atoms with van der Waals surface area (Å²) in [5.41, 5.74) is 0.911. The number of carbonyl (C=O) groups is 1. The summed E-state index contributed by atoms with van der Waals surface area (Å²) in [5, 5.41) is 0. The Hall–Kier alpha value is -1.27. The number of hydrogen-bond acceptors (Lipinski definition) is 5. The highest BCUT2D eigenvalue weighted by atomic mass is 32.2. The molecule has 1 heterocycles. The predicted molar refractivity (Wildman–Crippen MR) is 74.6 cm³/mol. The van der Waals surface area contributed by atoms with Gasteiger partial charge in [0.2, 0.25) is 0 Å². The number of hydrogen-bond donors (Lipinski definition) is 0. The van der Waals surface area contributed by atoms with Crippen molar-refractivity contribution in [1.29, 1.82) is 0 Å². The quantitative estimate of drug-likeness (QED) is 0.802. The second kappa shape index (κ2) is 5.79. The van der Waals surface area contributed by atoms with Gasteiger partial charge in [-0.25, -0.2) is 9.37 Å². The van der Waals surface area contributed by atoms with E-state index in [4.69, 9.17) is 0 Å². The minimum absolute atomic E-state index is 0.151. The van der Waals surface area contributed by atoms with Crippen molar-refractivity contribution in [3.05, 3.63) is 34.9 Å². The second-order valence-corrected chi connectivity index (χ2v) is 6.13. The molecule has 0 fully saturated rings. The maximum Gasteiger partial charge on any atom is 0.174 e. The number of aryl methyl sites for hydroxylation is 2.